The summed E-state index contributed by atoms with van der Waals surface area (Å²) in [6.07, 6.45) is 1.25. The molecule has 0 amide bonds. The van der Waals surface area contributed by atoms with Gasteiger partial charge in [-0.15, -0.1) is 0 Å². The molecule has 1 saturated heterocycles. The molecule has 0 bridgehead atoms. The Hall–Kier alpha value is -0.462. The number of nitrogens with one attached hydrogen (secondary N) is 1. The van der Waals surface area contributed by atoms with Crippen molar-refractivity contribution in [2.24, 2.45) is 5.92 Å². The normalized spacial score (nSPS) is 21.8. The van der Waals surface area contributed by atoms with Gasteiger partial charge in [-0.25, -0.2) is 0 Å². The van der Waals surface area contributed by atoms with Crippen molar-refractivity contribution in [3.8, 4) is 0 Å². The van der Waals surface area contributed by atoms with Crippen LogP contribution in [-0.4, -0.2) is 28.9 Å². The van der Waals surface area contributed by atoms with Gasteiger partial charge in [-0.2, -0.15) is 0 Å². The third-order valence-corrected chi connectivity index (χ3v) is 4.94. The van der Waals surface area contributed by atoms with Crippen LogP contribution in [0.4, 0.5) is 5.69 Å². The zero-order chi connectivity index (χ0) is 10.8. The Morgan fingerprint density at radius 2 is 2.20 bits per heavy atom. The van der Waals surface area contributed by atoms with Crippen molar-refractivity contribution < 1.29 is 19.4 Å². The molecule has 1 aromatic carbocycles. The van der Waals surface area contributed by atoms with Crippen molar-refractivity contribution in [3.05, 3.63) is 35.6 Å². The van der Waals surface area contributed by atoms with Gasteiger partial charge in [-0.05, 0) is 0 Å². The molecule has 1 heterocycles. The third-order valence-electron chi connectivity index (χ3n) is 2.95. The van der Waals surface area contributed by atoms with E-state index >= 15 is 0 Å². The summed E-state index contributed by atoms with van der Waals surface area (Å²) in [4.78, 5) is 2.38. The average molecular weight is 371 g/mol. The average Bonchev–Trinajstić information content (AvgIpc) is 2.65. The SMILES string of the molecule is CN1CCC([C](=[W])c2ccccc2[NH-])C1. The summed E-state index contributed by atoms with van der Waals surface area (Å²) in [5.41, 5.74) is 9.73. The van der Waals surface area contributed by atoms with E-state index in [0.29, 0.717) is 11.6 Å². The van der Waals surface area contributed by atoms with E-state index in [2.05, 4.69) is 18.0 Å². The Balaban J connectivity index is 2.18. The molecular formula is C12H15N2W-. The van der Waals surface area contributed by atoms with E-state index in [-0.39, 0.29) is 0 Å². The predicted molar refractivity (Wildman–Crippen MR) is 60.1 cm³/mol. The number of benzene rings is 1. The fourth-order valence-electron chi connectivity index (χ4n) is 2.07. The van der Waals surface area contributed by atoms with Gasteiger partial charge < -0.3 is 0 Å². The van der Waals surface area contributed by atoms with Gasteiger partial charge in [-0.1, -0.05) is 0 Å². The van der Waals surface area contributed by atoms with E-state index < -0.39 is 0 Å². The molecule has 1 N–H and O–H groups in total. The van der Waals surface area contributed by atoms with Crippen LogP contribution in [0.1, 0.15) is 12.0 Å². The Morgan fingerprint density at radius 3 is 2.80 bits per heavy atom. The van der Waals surface area contributed by atoms with Crippen LogP contribution in [0, 0.1) is 5.92 Å². The summed E-state index contributed by atoms with van der Waals surface area (Å²) >= 11 is 1.52. The van der Waals surface area contributed by atoms with Crippen LogP contribution in [-0.2, 0) is 19.4 Å². The summed E-state index contributed by atoms with van der Waals surface area (Å²) in [6.45, 7) is 2.36. The number of nitrogens with zero attached hydrogens (tertiary/aromatic N) is 1. The van der Waals surface area contributed by atoms with Gasteiger partial charge in [-0.3, -0.25) is 0 Å². The van der Waals surface area contributed by atoms with Gasteiger partial charge in [0.25, 0.3) is 0 Å². The van der Waals surface area contributed by atoms with E-state index in [1.165, 1.54) is 36.2 Å². The fourth-order valence-corrected chi connectivity index (χ4v) is 3.40. The Kier molecular flexibility index (Phi) is 3.38. The van der Waals surface area contributed by atoms with E-state index in [4.69, 9.17) is 5.73 Å². The van der Waals surface area contributed by atoms with Gasteiger partial charge >= 0.3 is 102 Å². The second-order valence-electron chi connectivity index (χ2n) is 4.16. The molecule has 0 aliphatic carbocycles. The number of likely N-dealkylation sites (tertiary alicyclic amines) is 1. The van der Waals surface area contributed by atoms with E-state index in [1.807, 2.05) is 18.2 Å². The molecule has 1 aliphatic rings. The monoisotopic (exact) mass is 371 g/mol. The molecule has 2 rings (SSSR count). The van der Waals surface area contributed by atoms with Crippen molar-refractivity contribution in [2.45, 2.75) is 6.42 Å². The van der Waals surface area contributed by atoms with E-state index in [0.717, 1.165) is 12.1 Å². The molecule has 3 heteroatoms. The summed E-state index contributed by atoms with van der Waals surface area (Å²) in [5.74, 6) is 0.677. The molecule has 1 atom stereocenters. The minimum atomic E-state index is 0.677. The molecule has 1 fully saturated rings. The molecule has 0 aromatic heterocycles. The topological polar surface area (TPSA) is 27.0 Å². The first kappa shape index (κ1) is 11.0. The molecule has 2 nitrogen and oxygen atoms in total. The van der Waals surface area contributed by atoms with E-state index in [9.17, 15) is 0 Å². The number of rotatable bonds is 2. The van der Waals surface area contributed by atoms with Crippen molar-refractivity contribution in [3.63, 3.8) is 0 Å². The molecule has 80 valence electrons. The van der Waals surface area contributed by atoms with Crippen molar-refractivity contribution in [2.75, 3.05) is 20.1 Å². The minimum absolute atomic E-state index is 0.677. The second kappa shape index (κ2) is 4.59. The third kappa shape index (κ3) is 2.38. The first-order chi connectivity index (χ1) is 7.18. The Labute approximate surface area is 102 Å². The molecule has 1 aliphatic heterocycles. The van der Waals surface area contributed by atoms with Gasteiger partial charge in [0.2, 0.25) is 0 Å². The first-order valence-corrected chi connectivity index (χ1v) is 6.68. The van der Waals surface area contributed by atoms with Crippen LogP contribution < -0.4 is 0 Å². The zero-order valence-corrected chi connectivity index (χ0v) is 11.8. The summed E-state index contributed by atoms with van der Waals surface area (Å²) in [7, 11) is 2.18. The summed E-state index contributed by atoms with van der Waals surface area (Å²) < 4.78 is 1.46. The maximum atomic E-state index is 7.89. The van der Waals surface area contributed by atoms with Crippen LogP contribution in [0.5, 0.6) is 0 Å². The van der Waals surface area contributed by atoms with Crippen LogP contribution in [0.2, 0.25) is 0 Å². The molecule has 1 aromatic rings. The number of hydrogen-bond acceptors (Lipinski definition) is 1. The van der Waals surface area contributed by atoms with Crippen molar-refractivity contribution in [1.82, 2.24) is 4.90 Å². The molecule has 0 radical (unpaired) electrons. The van der Waals surface area contributed by atoms with Gasteiger partial charge in [0.1, 0.15) is 0 Å². The predicted octanol–water partition coefficient (Wildman–Crippen LogP) is 2.39. The van der Waals surface area contributed by atoms with Crippen LogP contribution in [0.25, 0.3) is 5.73 Å². The quantitative estimate of drug-likeness (QED) is 0.785. The summed E-state index contributed by atoms with van der Waals surface area (Å²) in [6, 6.07) is 7.95. The van der Waals surface area contributed by atoms with Gasteiger partial charge in [0, 0.05) is 0 Å². The summed E-state index contributed by atoms with van der Waals surface area (Å²) in [5, 5.41) is 0. The van der Waals surface area contributed by atoms with Gasteiger partial charge in [0.05, 0.1) is 0 Å². The number of hydrogen-bond donors (Lipinski definition) is 0. The Bertz CT molecular complexity index is 376. The molecule has 15 heavy (non-hydrogen) atoms. The standard InChI is InChI=1S/C12H15N2.W/c1-14-7-6-10(9-14)8-11-4-2-3-5-12(11)13;/h2-5,10,13H,6-7,9H2,1H3;/q-1;. The van der Waals surface area contributed by atoms with Crippen LogP contribution in [0.3, 0.4) is 0 Å². The van der Waals surface area contributed by atoms with Crippen LogP contribution >= 0.6 is 0 Å². The Morgan fingerprint density at radius 1 is 1.47 bits per heavy atom. The van der Waals surface area contributed by atoms with Crippen molar-refractivity contribution >= 4 is 9.59 Å². The van der Waals surface area contributed by atoms with E-state index in [1.54, 1.807) is 0 Å². The van der Waals surface area contributed by atoms with Crippen molar-refractivity contribution in [1.29, 1.82) is 0 Å². The van der Waals surface area contributed by atoms with Crippen LogP contribution in [0.15, 0.2) is 24.3 Å². The maximum absolute atomic E-state index is 7.89. The fraction of sp³-hybridized carbons (Fsp3) is 0.417. The zero-order valence-electron chi connectivity index (χ0n) is 8.86. The molecule has 0 spiro atoms. The molecule has 0 saturated carbocycles. The molecule has 1 unspecified atom stereocenters. The first-order valence-electron chi connectivity index (χ1n) is 5.22. The van der Waals surface area contributed by atoms with Gasteiger partial charge in [0.15, 0.2) is 0 Å². The second-order valence-corrected chi connectivity index (χ2v) is 5.74. The molecular weight excluding hydrogens is 356 g/mol.